The van der Waals surface area contributed by atoms with Gasteiger partial charge < -0.3 is 0 Å². The van der Waals surface area contributed by atoms with Crippen molar-refractivity contribution in [3.05, 3.63) is 54.1 Å². The van der Waals surface area contributed by atoms with E-state index < -0.39 is 8.07 Å². The van der Waals surface area contributed by atoms with Gasteiger partial charge in [-0.1, -0.05) is 62.1 Å². The van der Waals surface area contributed by atoms with Crippen molar-refractivity contribution < 1.29 is 0 Å². The molecule has 3 rings (SSSR count). The molecule has 0 aromatic heterocycles. The molecule has 0 spiro atoms. The summed E-state index contributed by atoms with van der Waals surface area (Å²) in [6, 6.07) is 17.9. The number of aryl methyl sites for hydroxylation is 1. The molecule has 3 aromatic rings. The van der Waals surface area contributed by atoms with Gasteiger partial charge in [0.2, 0.25) is 0 Å². The third-order valence-corrected chi connectivity index (χ3v) is 5.91. The molecule has 19 heavy (non-hydrogen) atoms. The quantitative estimate of drug-likeness (QED) is 0.435. The van der Waals surface area contributed by atoms with E-state index in [1.807, 2.05) is 0 Å². The van der Waals surface area contributed by atoms with Crippen LogP contribution in [0.25, 0.3) is 21.5 Å². The molecule has 0 saturated carbocycles. The second kappa shape index (κ2) is 4.21. The Morgan fingerprint density at radius 1 is 0.737 bits per heavy atom. The highest BCUT2D eigenvalue weighted by Gasteiger charge is 2.22. The van der Waals surface area contributed by atoms with E-state index in [0.717, 1.165) is 0 Å². The third kappa shape index (κ3) is 1.98. The highest BCUT2D eigenvalue weighted by Crippen LogP contribution is 2.26. The standard InChI is InChI=1S/C18H20Si/c1-13-8-7-11-16-17(13)12-14-9-5-6-10-15(14)18(16)19(2,3)4/h5-12H,1-4H3. The van der Waals surface area contributed by atoms with Crippen molar-refractivity contribution in [2.24, 2.45) is 0 Å². The Bertz CT molecular complexity index is 764. The lowest BCUT2D eigenvalue weighted by atomic mass is 10.0. The SMILES string of the molecule is Cc1cccc2c([Si](C)(C)C)c3ccccc3cc12. The summed E-state index contributed by atoms with van der Waals surface area (Å²) < 4.78 is 0. The van der Waals surface area contributed by atoms with E-state index >= 15 is 0 Å². The van der Waals surface area contributed by atoms with Crippen LogP contribution in [0.2, 0.25) is 19.6 Å². The highest BCUT2D eigenvalue weighted by molar-refractivity contribution is 6.92. The lowest BCUT2D eigenvalue weighted by molar-refractivity contribution is 1.54. The van der Waals surface area contributed by atoms with Crippen LogP contribution in [0.5, 0.6) is 0 Å². The van der Waals surface area contributed by atoms with Gasteiger partial charge in [-0.15, -0.1) is 0 Å². The molecule has 0 radical (unpaired) electrons. The first kappa shape index (κ1) is 12.4. The molecule has 0 heterocycles. The van der Waals surface area contributed by atoms with Crippen LogP contribution in [0.1, 0.15) is 5.56 Å². The summed E-state index contributed by atoms with van der Waals surface area (Å²) in [6.07, 6.45) is 0. The number of rotatable bonds is 1. The molecule has 0 amide bonds. The summed E-state index contributed by atoms with van der Waals surface area (Å²) in [5, 5.41) is 7.29. The fourth-order valence-corrected chi connectivity index (χ4v) is 5.11. The molecule has 0 nitrogen and oxygen atoms in total. The Kier molecular flexibility index (Phi) is 2.75. The van der Waals surface area contributed by atoms with E-state index in [-0.39, 0.29) is 0 Å². The van der Waals surface area contributed by atoms with Gasteiger partial charge in [0.15, 0.2) is 0 Å². The molecule has 0 fully saturated rings. The minimum absolute atomic E-state index is 1.38. The summed E-state index contributed by atoms with van der Waals surface area (Å²) in [5.74, 6) is 0. The van der Waals surface area contributed by atoms with Crippen molar-refractivity contribution in [1.29, 1.82) is 0 Å². The highest BCUT2D eigenvalue weighted by atomic mass is 28.3. The van der Waals surface area contributed by atoms with Crippen molar-refractivity contribution in [3.63, 3.8) is 0 Å². The number of fused-ring (bicyclic) bond motifs is 2. The Balaban J connectivity index is 2.61. The number of hydrogen-bond acceptors (Lipinski definition) is 0. The molecule has 0 aliphatic heterocycles. The van der Waals surface area contributed by atoms with Gasteiger partial charge in [0, 0.05) is 0 Å². The minimum Gasteiger partial charge on any atom is -0.0656 e. The van der Waals surface area contributed by atoms with Crippen LogP contribution in [-0.4, -0.2) is 8.07 Å². The molecule has 0 atom stereocenters. The van der Waals surface area contributed by atoms with E-state index in [4.69, 9.17) is 0 Å². The van der Waals surface area contributed by atoms with Gasteiger partial charge in [0.1, 0.15) is 0 Å². The maximum atomic E-state index is 2.44. The molecule has 0 aliphatic rings. The summed E-state index contributed by atoms with van der Waals surface area (Å²) in [6.45, 7) is 9.54. The Morgan fingerprint density at radius 3 is 2.16 bits per heavy atom. The first-order valence-corrected chi connectivity index (χ1v) is 10.4. The Hall–Kier alpha value is -1.60. The molecule has 96 valence electrons. The lowest BCUT2D eigenvalue weighted by Gasteiger charge is -2.23. The topological polar surface area (TPSA) is 0 Å². The Labute approximate surface area is 116 Å². The minimum atomic E-state index is -1.39. The predicted octanol–water partition coefficient (Wildman–Crippen LogP) is 4.85. The third-order valence-electron chi connectivity index (χ3n) is 3.87. The molecule has 0 N–H and O–H groups in total. The monoisotopic (exact) mass is 264 g/mol. The largest absolute Gasteiger partial charge is 0.0792 e. The first-order valence-electron chi connectivity index (χ1n) is 6.90. The molecular weight excluding hydrogens is 244 g/mol. The fourth-order valence-electron chi connectivity index (χ4n) is 3.05. The van der Waals surface area contributed by atoms with Gasteiger partial charge in [0.05, 0.1) is 8.07 Å². The van der Waals surface area contributed by atoms with Crippen molar-refractivity contribution in [2.45, 2.75) is 26.6 Å². The van der Waals surface area contributed by atoms with Crippen LogP contribution in [0.4, 0.5) is 0 Å². The van der Waals surface area contributed by atoms with Gasteiger partial charge >= 0.3 is 0 Å². The first-order chi connectivity index (χ1) is 8.98. The van der Waals surface area contributed by atoms with Crippen molar-refractivity contribution >= 4 is 34.8 Å². The maximum Gasteiger partial charge on any atom is 0.0792 e. The molecule has 0 unspecified atom stereocenters. The Morgan fingerprint density at radius 2 is 1.42 bits per heavy atom. The van der Waals surface area contributed by atoms with Gasteiger partial charge in [-0.2, -0.15) is 0 Å². The van der Waals surface area contributed by atoms with Crippen LogP contribution in [0.3, 0.4) is 0 Å². The van der Waals surface area contributed by atoms with Crippen LogP contribution < -0.4 is 5.19 Å². The molecule has 3 aromatic carbocycles. The second-order valence-corrected chi connectivity index (χ2v) is 11.4. The van der Waals surface area contributed by atoms with E-state index in [2.05, 4.69) is 75.1 Å². The van der Waals surface area contributed by atoms with Gasteiger partial charge in [-0.3, -0.25) is 0 Å². The van der Waals surface area contributed by atoms with Crippen molar-refractivity contribution in [2.75, 3.05) is 0 Å². The molecule has 0 saturated heterocycles. The molecule has 0 bridgehead atoms. The molecule has 1 heteroatoms. The van der Waals surface area contributed by atoms with E-state index in [1.165, 1.54) is 27.1 Å². The zero-order valence-electron chi connectivity index (χ0n) is 12.1. The smallest absolute Gasteiger partial charge is 0.0656 e. The summed E-state index contributed by atoms with van der Waals surface area (Å²) in [5.41, 5.74) is 1.38. The second-order valence-electron chi connectivity index (χ2n) is 6.39. The summed E-state index contributed by atoms with van der Waals surface area (Å²) >= 11 is 0. The van der Waals surface area contributed by atoms with E-state index in [0.29, 0.717) is 0 Å². The van der Waals surface area contributed by atoms with Gasteiger partial charge in [-0.05, 0) is 45.3 Å². The van der Waals surface area contributed by atoms with Crippen molar-refractivity contribution in [3.8, 4) is 0 Å². The lowest BCUT2D eigenvalue weighted by Crippen LogP contribution is -2.38. The average molecular weight is 264 g/mol. The van der Waals surface area contributed by atoms with Crippen LogP contribution in [0, 0.1) is 6.92 Å². The van der Waals surface area contributed by atoms with Gasteiger partial charge in [-0.25, -0.2) is 0 Å². The van der Waals surface area contributed by atoms with Crippen molar-refractivity contribution in [1.82, 2.24) is 0 Å². The van der Waals surface area contributed by atoms with Crippen LogP contribution in [-0.2, 0) is 0 Å². The predicted molar refractivity (Wildman–Crippen MR) is 89.2 cm³/mol. The molecule has 0 aliphatic carbocycles. The van der Waals surface area contributed by atoms with Crippen LogP contribution >= 0.6 is 0 Å². The maximum absolute atomic E-state index is 2.44. The number of benzene rings is 3. The normalized spacial score (nSPS) is 12.2. The average Bonchev–Trinajstić information content (AvgIpc) is 2.35. The van der Waals surface area contributed by atoms with Crippen LogP contribution in [0.15, 0.2) is 48.5 Å². The van der Waals surface area contributed by atoms with E-state index in [1.54, 1.807) is 5.19 Å². The molecular formula is C18H20Si. The summed E-state index contributed by atoms with van der Waals surface area (Å²) in [7, 11) is -1.39. The number of hydrogen-bond donors (Lipinski definition) is 0. The van der Waals surface area contributed by atoms with Gasteiger partial charge in [0.25, 0.3) is 0 Å². The zero-order chi connectivity index (χ0) is 13.6. The fraction of sp³-hybridized carbons (Fsp3) is 0.222. The summed E-state index contributed by atoms with van der Waals surface area (Å²) in [4.78, 5) is 0. The van der Waals surface area contributed by atoms with E-state index in [9.17, 15) is 0 Å². The zero-order valence-corrected chi connectivity index (χ0v) is 13.1.